The number of carbonyl (C=O) groups excluding carboxylic acids is 1. The van der Waals surface area contributed by atoms with Crippen molar-refractivity contribution in [3.05, 3.63) is 101 Å². The van der Waals surface area contributed by atoms with Crippen LogP contribution in [0.1, 0.15) is 21.5 Å². The Morgan fingerprint density at radius 1 is 0.781 bits per heavy atom. The van der Waals surface area contributed by atoms with Crippen molar-refractivity contribution in [1.82, 2.24) is 9.97 Å². The topological polar surface area (TPSA) is 54.9 Å². The number of hydrogen-bond acceptors (Lipinski definition) is 4. The molecular formula is C27H21N3OS. The molecule has 0 radical (unpaired) electrons. The Hall–Kier alpha value is -3.83. The number of rotatable bonds is 4. The summed E-state index contributed by atoms with van der Waals surface area (Å²) in [5, 5.41) is 6.35. The van der Waals surface area contributed by atoms with E-state index in [1.54, 1.807) is 0 Å². The molecule has 1 N–H and O–H groups in total. The number of nitrogens with zero attached hydrogens (tertiary/aromatic N) is 2. The molecule has 0 bridgehead atoms. The molecule has 0 atom stereocenters. The zero-order valence-electron chi connectivity index (χ0n) is 17.8. The molecule has 0 aliphatic heterocycles. The molecule has 1 amide bonds. The van der Waals surface area contributed by atoms with E-state index in [0.717, 1.165) is 33.4 Å². The lowest BCUT2D eigenvalue weighted by Gasteiger charge is -2.09. The molecule has 32 heavy (non-hydrogen) atoms. The Bertz CT molecular complexity index is 1440. The number of pyridine rings is 1. The normalized spacial score (nSPS) is 10.9. The summed E-state index contributed by atoms with van der Waals surface area (Å²) in [6.07, 6.45) is 0. The predicted octanol–water partition coefficient (Wildman–Crippen LogP) is 6.89. The van der Waals surface area contributed by atoms with Gasteiger partial charge in [0.15, 0.2) is 5.13 Å². The molecule has 0 saturated carbocycles. The summed E-state index contributed by atoms with van der Waals surface area (Å²) in [4.78, 5) is 22.7. The molecule has 0 spiro atoms. The number of anilines is 1. The second kappa shape index (κ2) is 8.36. The molecule has 0 unspecified atom stereocenters. The standard InChI is InChI=1S/C27H21N3OS/c1-17-12-13-20(14-18(17)2)25-16-32-27(29-25)30-26(31)22-15-24(19-8-4-3-5-9-19)28-23-11-7-6-10-21(22)23/h3-16H,1-2H3,(H,29,30,31). The van der Waals surface area contributed by atoms with E-state index in [-0.39, 0.29) is 5.91 Å². The number of nitrogens with one attached hydrogen (secondary N) is 1. The van der Waals surface area contributed by atoms with Crippen LogP contribution >= 0.6 is 11.3 Å². The van der Waals surface area contributed by atoms with Gasteiger partial charge in [-0.15, -0.1) is 11.3 Å². The molecular weight excluding hydrogens is 414 g/mol. The summed E-state index contributed by atoms with van der Waals surface area (Å²) < 4.78 is 0. The highest BCUT2D eigenvalue weighted by Gasteiger charge is 2.16. The highest BCUT2D eigenvalue weighted by atomic mass is 32.1. The molecule has 156 valence electrons. The summed E-state index contributed by atoms with van der Waals surface area (Å²) >= 11 is 1.42. The minimum atomic E-state index is -0.193. The fraction of sp³-hybridized carbons (Fsp3) is 0.0741. The van der Waals surface area contributed by atoms with Gasteiger partial charge >= 0.3 is 0 Å². The van der Waals surface area contributed by atoms with Crippen molar-refractivity contribution in [2.75, 3.05) is 5.32 Å². The number of amides is 1. The summed E-state index contributed by atoms with van der Waals surface area (Å²) in [6.45, 7) is 4.18. The molecule has 3 aromatic carbocycles. The van der Waals surface area contributed by atoms with Gasteiger partial charge in [0.1, 0.15) is 0 Å². The first-order valence-corrected chi connectivity index (χ1v) is 11.3. The van der Waals surface area contributed by atoms with Crippen LogP contribution in [0, 0.1) is 13.8 Å². The van der Waals surface area contributed by atoms with Crippen molar-refractivity contribution >= 4 is 33.3 Å². The maximum atomic E-state index is 13.3. The molecule has 2 aromatic heterocycles. The highest BCUT2D eigenvalue weighted by molar-refractivity contribution is 7.14. The Kier molecular flexibility index (Phi) is 5.25. The van der Waals surface area contributed by atoms with Gasteiger partial charge in [-0.2, -0.15) is 0 Å². The number of aryl methyl sites for hydroxylation is 2. The van der Waals surface area contributed by atoms with Gasteiger partial charge in [-0.25, -0.2) is 9.97 Å². The Morgan fingerprint density at radius 3 is 2.38 bits per heavy atom. The third kappa shape index (κ3) is 3.90. The van der Waals surface area contributed by atoms with Crippen LogP contribution in [0.2, 0.25) is 0 Å². The van der Waals surface area contributed by atoms with E-state index >= 15 is 0 Å². The van der Waals surface area contributed by atoms with E-state index in [9.17, 15) is 4.79 Å². The van der Waals surface area contributed by atoms with Crippen LogP contribution in [0.5, 0.6) is 0 Å². The van der Waals surface area contributed by atoms with Gasteiger partial charge in [-0.1, -0.05) is 60.7 Å². The second-order valence-corrected chi connectivity index (χ2v) is 8.59. The lowest BCUT2D eigenvalue weighted by molar-refractivity contribution is 0.102. The van der Waals surface area contributed by atoms with E-state index in [4.69, 9.17) is 4.98 Å². The fourth-order valence-electron chi connectivity index (χ4n) is 3.65. The first-order chi connectivity index (χ1) is 15.6. The lowest BCUT2D eigenvalue weighted by atomic mass is 10.0. The summed E-state index contributed by atoms with van der Waals surface area (Å²) in [6, 6.07) is 25.7. The Morgan fingerprint density at radius 2 is 1.56 bits per heavy atom. The molecule has 5 heteroatoms. The third-order valence-electron chi connectivity index (χ3n) is 5.56. The molecule has 0 aliphatic rings. The largest absolute Gasteiger partial charge is 0.298 e. The average Bonchev–Trinajstić information content (AvgIpc) is 3.29. The highest BCUT2D eigenvalue weighted by Crippen LogP contribution is 2.29. The van der Waals surface area contributed by atoms with Crippen molar-refractivity contribution in [2.45, 2.75) is 13.8 Å². The maximum Gasteiger partial charge on any atom is 0.258 e. The number of hydrogen-bond donors (Lipinski definition) is 1. The van der Waals surface area contributed by atoms with Crippen LogP contribution in [-0.2, 0) is 0 Å². The van der Waals surface area contributed by atoms with Gasteiger partial charge in [-0.05, 0) is 43.2 Å². The van der Waals surface area contributed by atoms with Crippen LogP contribution in [0.15, 0.2) is 84.2 Å². The van der Waals surface area contributed by atoms with Crippen LogP contribution in [0.3, 0.4) is 0 Å². The van der Waals surface area contributed by atoms with E-state index in [0.29, 0.717) is 10.7 Å². The van der Waals surface area contributed by atoms with Gasteiger partial charge in [0.05, 0.1) is 22.5 Å². The maximum absolute atomic E-state index is 13.3. The van der Waals surface area contributed by atoms with Crippen molar-refractivity contribution in [2.24, 2.45) is 0 Å². The predicted molar refractivity (Wildman–Crippen MR) is 132 cm³/mol. The van der Waals surface area contributed by atoms with Crippen molar-refractivity contribution in [3.8, 4) is 22.5 Å². The average molecular weight is 436 g/mol. The Balaban J connectivity index is 1.49. The van der Waals surface area contributed by atoms with E-state index in [1.165, 1.54) is 22.5 Å². The number of thiazole rings is 1. The second-order valence-electron chi connectivity index (χ2n) is 7.73. The van der Waals surface area contributed by atoms with E-state index < -0.39 is 0 Å². The van der Waals surface area contributed by atoms with Crippen LogP contribution in [-0.4, -0.2) is 15.9 Å². The van der Waals surface area contributed by atoms with Crippen LogP contribution < -0.4 is 5.32 Å². The monoisotopic (exact) mass is 435 g/mol. The van der Waals surface area contributed by atoms with Gasteiger partial charge in [0.25, 0.3) is 5.91 Å². The van der Waals surface area contributed by atoms with Crippen molar-refractivity contribution < 1.29 is 4.79 Å². The fourth-order valence-corrected chi connectivity index (χ4v) is 4.36. The number of para-hydroxylation sites is 1. The molecule has 4 nitrogen and oxygen atoms in total. The van der Waals surface area contributed by atoms with Crippen molar-refractivity contribution in [3.63, 3.8) is 0 Å². The quantitative estimate of drug-likeness (QED) is 0.334. The number of benzene rings is 3. The van der Waals surface area contributed by atoms with Gasteiger partial charge < -0.3 is 0 Å². The summed E-state index contributed by atoms with van der Waals surface area (Å²) in [5.41, 5.74) is 7.48. The molecule has 0 aliphatic carbocycles. The number of carbonyl (C=O) groups is 1. The number of fused-ring (bicyclic) bond motifs is 1. The van der Waals surface area contributed by atoms with E-state index in [2.05, 4.69) is 42.3 Å². The van der Waals surface area contributed by atoms with E-state index in [1.807, 2.05) is 66.0 Å². The van der Waals surface area contributed by atoms with Crippen LogP contribution in [0.4, 0.5) is 5.13 Å². The minimum absolute atomic E-state index is 0.193. The number of aromatic nitrogens is 2. The first kappa shape index (κ1) is 20.1. The smallest absolute Gasteiger partial charge is 0.258 e. The third-order valence-corrected chi connectivity index (χ3v) is 6.32. The summed E-state index contributed by atoms with van der Waals surface area (Å²) in [5.74, 6) is -0.193. The SMILES string of the molecule is Cc1ccc(-c2csc(NC(=O)c3cc(-c4ccccc4)nc4ccccc34)n2)cc1C. The zero-order chi connectivity index (χ0) is 22.1. The van der Waals surface area contributed by atoms with Gasteiger partial charge in [-0.3, -0.25) is 10.1 Å². The lowest BCUT2D eigenvalue weighted by Crippen LogP contribution is -2.13. The zero-order valence-corrected chi connectivity index (χ0v) is 18.6. The van der Waals surface area contributed by atoms with Crippen molar-refractivity contribution in [1.29, 1.82) is 0 Å². The summed E-state index contributed by atoms with van der Waals surface area (Å²) in [7, 11) is 0. The molecule has 2 heterocycles. The first-order valence-electron chi connectivity index (χ1n) is 10.4. The van der Waals surface area contributed by atoms with Gasteiger partial charge in [0.2, 0.25) is 0 Å². The molecule has 5 aromatic rings. The van der Waals surface area contributed by atoms with Crippen LogP contribution in [0.25, 0.3) is 33.4 Å². The minimum Gasteiger partial charge on any atom is -0.298 e. The molecule has 0 fully saturated rings. The Labute approximate surface area is 190 Å². The van der Waals surface area contributed by atoms with Gasteiger partial charge in [0, 0.05) is 21.9 Å². The molecule has 0 saturated heterocycles. The molecule has 5 rings (SSSR count).